The molecular weight excluding hydrogens is 434 g/mol. The molecule has 4 aromatic rings. The van der Waals surface area contributed by atoms with Crippen LogP contribution in [0.2, 0.25) is 0 Å². The van der Waals surface area contributed by atoms with Crippen LogP contribution in [0.3, 0.4) is 0 Å². The maximum absolute atomic E-state index is 13.4. The molecule has 9 heteroatoms. The molecule has 0 radical (unpaired) electrons. The molecule has 0 unspecified atom stereocenters. The second-order valence-electron chi connectivity index (χ2n) is 8.63. The highest BCUT2D eigenvalue weighted by Gasteiger charge is 2.27. The molecule has 0 atom stereocenters. The van der Waals surface area contributed by atoms with Crippen molar-refractivity contribution in [1.29, 1.82) is 0 Å². The number of aromatic nitrogens is 4. The molecule has 0 amide bonds. The summed E-state index contributed by atoms with van der Waals surface area (Å²) in [6, 6.07) is 9.16. The van der Waals surface area contributed by atoms with Gasteiger partial charge in [0.25, 0.3) is 5.56 Å². The van der Waals surface area contributed by atoms with Crippen molar-refractivity contribution in [2.24, 2.45) is 7.05 Å². The molecule has 2 aromatic carbocycles. The molecular formula is C25H27N5O4. The summed E-state index contributed by atoms with van der Waals surface area (Å²) in [6.45, 7) is 3.23. The molecule has 1 saturated heterocycles. The van der Waals surface area contributed by atoms with Crippen LogP contribution in [0.15, 0.2) is 46.2 Å². The van der Waals surface area contributed by atoms with E-state index in [1.54, 1.807) is 32.2 Å². The largest absolute Gasteiger partial charge is 0.493 e. The Morgan fingerprint density at radius 2 is 1.71 bits per heavy atom. The monoisotopic (exact) mass is 461 g/mol. The zero-order chi connectivity index (χ0) is 24.0. The van der Waals surface area contributed by atoms with E-state index in [1.165, 1.54) is 4.57 Å². The van der Waals surface area contributed by atoms with Crippen LogP contribution in [0.5, 0.6) is 11.5 Å². The molecule has 0 N–H and O–H groups in total. The minimum atomic E-state index is -0.272. The van der Waals surface area contributed by atoms with Gasteiger partial charge in [-0.1, -0.05) is 12.1 Å². The van der Waals surface area contributed by atoms with E-state index < -0.39 is 0 Å². The number of piperidine rings is 1. The third-order valence-corrected chi connectivity index (χ3v) is 6.79. The van der Waals surface area contributed by atoms with E-state index in [2.05, 4.69) is 14.9 Å². The van der Waals surface area contributed by atoms with E-state index in [1.807, 2.05) is 37.3 Å². The van der Waals surface area contributed by atoms with Gasteiger partial charge in [0.05, 0.1) is 30.6 Å². The minimum absolute atomic E-state index is 0.172. The molecule has 0 spiro atoms. The Bertz CT molecular complexity index is 1520. The van der Waals surface area contributed by atoms with Crippen molar-refractivity contribution in [3.8, 4) is 11.5 Å². The van der Waals surface area contributed by atoms with Crippen molar-refractivity contribution < 1.29 is 9.47 Å². The van der Waals surface area contributed by atoms with E-state index in [4.69, 9.17) is 9.47 Å². The van der Waals surface area contributed by atoms with E-state index in [0.29, 0.717) is 48.3 Å². The van der Waals surface area contributed by atoms with Crippen molar-refractivity contribution in [2.75, 3.05) is 32.2 Å². The maximum Gasteiger partial charge on any atom is 0.331 e. The van der Waals surface area contributed by atoms with Gasteiger partial charge >= 0.3 is 5.69 Å². The normalized spacial score (nSPS) is 14.6. The molecule has 0 saturated carbocycles. The highest BCUT2D eigenvalue weighted by molar-refractivity contribution is 5.92. The Labute approximate surface area is 196 Å². The summed E-state index contributed by atoms with van der Waals surface area (Å²) in [5.74, 6) is 2.03. The quantitative estimate of drug-likeness (QED) is 0.462. The smallest absolute Gasteiger partial charge is 0.331 e. The molecule has 0 bridgehead atoms. The number of hydrogen-bond acceptors (Lipinski definition) is 7. The number of methoxy groups -OCH3 is 2. The summed E-state index contributed by atoms with van der Waals surface area (Å²) < 4.78 is 13.9. The highest BCUT2D eigenvalue weighted by Crippen LogP contribution is 2.36. The Balaban J connectivity index is 1.49. The van der Waals surface area contributed by atoms with Gasteiger partial charge in [-0.25, -0.2) is 14.8 Å². The number of aryl methyl sites for hydroxylation is 2. The zero-order valence-electron chi connectivity index (χ0n) is 19.7. The highest BCUT2D eigenvalue weighted by atomic mass is 16.5. The van der Waals surface area contributed by atoms with Crippen LogP contribution in [0.1, 0.15) is 24.4 Å². The van der Waals surface area contributed by atoms with E-state index in [9.17, 15) is 9.59 Å². The minimum Gasteiger partial charge on any atom is -0.493 e. The van der Waals surface area contributed by atoms with Crippen LogP contribution < -0.4 is 25.6 Å². The lowest BCUT2D eigenvalue weighted by atomic mass is 10.0. The van der Waals surface area contributed by atoms with E-state index in [0.717, 1.165) is 22.3 Å². The van der Waals surface area contributed by atoms with Crippen molar-refractivity contribution in [2.45, 2.75) is 25.8 Å². The predicted octanol–water partition coefficient (Wildman–Crippen LogP) is 2.81. The van der Waals surface area contributed by atoms with Crippen LogP contribution in [-0.2, 0) is 7.05 Å². The first kappa shape index (κ1) is 21.9. The first-order valence-electron chi connectivity index (χ1n) is 11.3. The van der Waals surface area contributed by atoms with Crippen LogP contribution in [0.25, 0.3) is 21.8 Å². The van der Waals surface area contributed by atoms with Crippen LogP contribution in [0.4, 0.5) is 5.82 Å². The summed E-state index contributed by atoms with van der Waals surface area (Å²) in [7, 11) is 4.92. The number of rotatable bonds is 4. The molecule has 9 nitrogen and oxygen atoms in total. The van der Waals surface area contributed by atoms with Crippen molar-refractivity contribution in [1.82, 2.24) is 19.1 Å². The second-order valence-corrected chi connectivity index (χ2v) is 8.63. The first-order chi connectivity index (χ1) is 16.4. The molecule has 176 valence electrons. The predicted molar refractivity (Wildman–Crippen MR) is 131 cm³/mol. The number of benzene rings is 2. The molecule has 5 rings (SSSR count). The summed E-state index contributed by atoms with van der Waals surface area (Å²) >= 11 is 0. The van der Waals surface area contributed by atoms with Gasteiger partial charge < -0.3 is 14.4 Å². The van der Waals surface area contributed by atoms with Gasteiger partial charge in [-0.05, 0) is 37.5 Å². The zero-order valence-corrected chi connectivity index (χ0v) is 19.7. The van der Waals surface area contributed by atoms with Gasteiger partial charge in [-0.15, -0.1) is 0 Å². The maximum atomic E-state index is 13.4. The fourth-order valence-electron chi connectivity index (χ4n) is 4.96. The molecule has 1 aliphatic heterocycles. The molecule has 34 heavy (non-hydrogen) atoms. The fraction of sp³-hybridized carbons (Fsp3) is 0.360. The fourth-order valence-corrected chi connectivity index (χ4v) is 4.96. The molecule has 2 aromatic heterocycles. The Morgan fingerprint density at radius 3 is 2.41 bits per heavy atom. The Morgan fingerprint density at radius 1 is 1.00 bits per heavy atom. The van der Waals surface area contributed by atoms with E-state index in [-0.39, 0.29) is 17.3 Å². The Hall–Kier alpha value is -3.88. The van der Waals surface area contributed by atoms with Crippen LogP contribution >= 0.6 is 0 Å². The molecule has 1 aliphatic rings. The van der Waals surface area contributed by atoms with Crippen molar-refractivity contribution in [3.63, 3.8) is 0 Å². The van der Waals surface area contributed by atoms with Gasteiger partial charge in [0.1, 0.15) is 12.1 Å². The summed E-state index contributed by atoms with van der Waals surface area (Å²) in [6.07, 6.45) is 2.86. The lowest BCUT2D eigenvalue weighted by Crippen LogP contribution is -2.45. The lowest BCUT2D eigenvalue weighted by Gasteiger charge is -2.34. The number of ether oxygens (including phenoxy) is 2. The third kappa shape index (κ3) is 3.39. The third-order valence-electron chi connectivity index (χ3n) is 6.79. The van der Waals surface area contributed by atoms with Crippen molar-refractivity contribution >= 4 is 27.6 Å². The second kappa shape index (κ2) is 8.48. The number of fused-ring (bicyclic) bond motifs is 2. The average Bonchev–Trinajstić information content (AvgIpc) is 2.86. The lowest BCUT2D eigenvalue weighted by molar-refractivity contribution is 0.355. The standard InChI is InChI=1S/C25H27N5O4/c1-15-6-5-7-19-22(15)24(31)30(25(32)28(19)2)16-8-10-29(11-9-16)23-17-12-20(33-3)21(34-4)13-18(17)26-14-27-23/h5-7,12-14,16H,8-11H2,1-4H3. The van der Waals surface area contributed by atoms with Gasteiger partial charge in [0, 0.05) is 37.6 Å². The van der Waals surface area contributed by atoms with Crippen LogP contribution in [0, 0.1) is 6.92 Å². The number of nitrogens with zero attached hydrogens (tertiary/aromatic N) is 5. The molecule has 0 aliphatic carbocycles. The first-order valence-corrected chi connectivity index (χ1v) is 11.3. The number of hydrogen-bond donors (Lipinski definition) is 0. The SMILES string of the molecule is COc1cc2ncnc(N3CCC(n4c(=O)c5c(C)cccc5n(C)c4=O)CC3)c2cc1OC. The number of anilines is 1. The van der Waals surface area contributed by atoms with E-state index >= 15 is 0 Å². The molecule has 3 heterocycles. The van der Waals surface area contributed by atoms with Gasteiger partial charge in [-0.3, -0.25) is 13.9 Å². The average molecular weight is 462 g/mol. The van der Waals surface area contributed by atoms with Gasteiger partial charge in [-0.2, -0.15) is 0 Å². The summed E-state index contributed by atoms with van der Waals surface area (Å²) in [4.78, 5) is 37.6. The van der Waals surface area contributed by atoms with Gasteiger partial charge in [0.2, 0.25) is 0 Å². The topological polar surface area (TPSA) is 91.5 Å². The van der Waals surface area contributed by atoms with Crippen LogP contribution in [-0.4, -0.2) is 46.4 Å². The molecule has 1 fully saturated rings. The summed E-state index contributed by atoms with van der Waals surface area (Å²) in [5, 5.41) is 1.47. The Kier molecular flexibility index (Phi) is 5.47. The van der Waals surface area contributed by atoms with Crippen molar-refractivity contribution in [3.05, 3.63) is 63.1 Å². The summed E-state index contributed by atoms with van der Waals surface area (Å²) in [5.41, 5.74) is 1.83. The van der Waals surface area contributed by atoms with Gasteiger partial charge in [0.15, 0.2) is 11.5 Å².